The van der Waals surface area contributed by atoms with Crippen LogP contribution in [0.3, 0.4) is 0 Å². The first-order valence-corrected chi connectivity index (χ1v) is 9.16. The first-order chi connectivity index (χ1) is 11.0. The Morgan fingerprint density at radius 1 is 1.17 bits per heavy atom. The van der Waals surface area contributed by atoms with Gasteiger partial charge in [0.2, 0.25) is 0 Å². The molecule has 0 bridgehead atoms. The molecule has 5 nitrogen and oxygen atoms in total. The van der Waals surface area contributed by atoms with Crippen LogP contribution in [0.2, 0.25) is 5.02 Å². The third-order valence-corrected chi connectivity index (χ3v) is 5.98. The predicted molar refractivity (Wildman–Crippen MR) is 96.6 cm³/mol. The summed E-state index contributed by atoms with van der Waals surface area (Å²) in [5.41, 5.74) is 1.65. The molecule has 23 heavy (non-hydrogen) atoms. The molecular formula is C15H15Br2ClN4O. The van der Waals surface area contributed by atoms with Crippen LogP contribution in [0.25, 0.3) is 0 Å². The summed E-state index contributed by atoms with van der Waals surface area (Å²) >= 11 is 12.6. The summed E-state index contributed by atoms with van der Waals surface area (Å²) in [6.07, 6.45) is 0. The molecule has 122 valence electrons. The second-order valence-corrected chi connectivity index (χ2v) is 7.42. The van der Waals surface area contributed by atoms with E-state index in [2.05, 4.69) is 47.0 Å². The molecule has 8 heteroatoms. The minimum atomic E-state index is -0.0510. The molecule has 1 saturated heterocycles. The van der Waals surface area contributed by atoms with Gasteiger partial charge in [0.05, 0.1) is 4.47 Å². The number of hydrogen-bond donors (Lipinski definition) is 1. The number of aromatic nitrogens is 2. The van der Waals surface area contributed by atoms with Crippen LogP contribution >= 0.6 is 43.5 Å². The lowest BCUT2D eigenvalue weighted by molar-refractivity contribution is 0.0622. The van der Waals surface area contributed by atoms with Gasteiger partial charge in [0.15, 0.2) is 5.69 Å². The summed E-state index contributed by atoms with van der Waals surface area (Å²) in [5, 5.41) is 7.55. The van der Waals surface area contributed by atoms with Crippen LogP contribution in [0.4, 0.5) is 0 Å². The zero-order valence-electron chi connectivity index (χ0n) is 12.2. The van der Waals surface area contributed by atoms with E-state index in [1.807, 2.05) is 29.2 Å². The fraction of sp³-hybridized carbons (Fsp3) is 0.333. The van der Waals surface area contributed by atoms with E-state index in [4.69, 9.17) is 11.6 Å². The number of amides is 1. The number of H-pyrrole nitrogens is 1. The molecule has 0 saturated carbocycles. The van der Waals surface area contributed by atoms with Crippen molar-refractivity contribution in [2.75, 3.05) is 26.2 Å². The highest BCUT2D eigenvalue weighted by Crippen LogP contribution is 2.25. The third kappa shape index (κ3) is 3.96. The van der Waals surface area contributed by atoms with Gasteiger partial charge in [-0.05, 0) is 49.6 Å². The van der Waals surface area contributed by atoms with E-state index in [-0.39, 0.29) is 5.91 Å². The standard InChI is InChI=1S/C15H15Br2ClN4O/c16-12-13(19-20-14(12)17)15(23)22-7-5-21(6-8-22)9-10-1-3-11(18)4-2-10/h1-4H,5-9H2,(H,19,20). The molecule has 1 aromatic carbocycles. The number of aromatic amines is 1. The monoisotopic (exact) mass is 460 g/mol. The summed E-state index contributed by atoms with van der Waals surface area (Å²) in [6, 6.07) is 7.89. The van der Waals surface area contributed by atoms with E-state index in [0.29, 0.717) is 27.9 Å². The van der Waals surface area contributed by atoms with E-state index in [0.717, 1.165) is 24.7 Å². The molecule has 0 radical (unpaired) electrons. The quantitative estimate of drug-likeness (QED) is 0.759. The molecule has 3 rings (SSSR count). The molecule has 0 aliphatic carbocycles. The Hall–Kier alpha value is -0.890. The van der Waals surface area contributed by atoms with Crippen molar-refractivity contribution in [1.29, 1.82) is 0 Å². The number of nitrogens with zero attached hydrogens (tertiary/aromatic N) is 3. The van der Waals surface area contributed by atoms with E-state index >= 15 is 0 Å². The minimum absolute atomic E-state index is 0.0510. The zero-order chi connectivity index (χ0) is 16.4. The molecule has 1 aromatic heterocycles. The Bertz CT molecular complexity index is 696. The molecule has 2 aromatic rings. The number of hydrogen-bond acceptors (Lipinski definition) is 3. The van der Waals surface area contributed by atoms with Crippen molar-refractivity contribution in [1.82, 2.24) is 20.0 Å². The van der Waals surface area contributed by atoms with E-state index < -0.39 is 0 Å². The lowest BCUT2D eigenvalue weighted by Crippen LogP contribution is -2.48. The minimum Gasteiger partial charge on any atom is -0.335 e. The van der Waals surface area contributed by atoms with Gasteiger partial charge >= 0.3 is 0 Å². The summed E-state index contributed by atoms with van der Waals surface area (Å²) < 4.78 is 1.35. The number of carbonyl (C=O) groups excluding carboxylic acids is 1. The Balaban J connectivity index is 1.57. The molecule has 1 N–H and O–H groups in total. The number of benzene rings is 1. The van der Waals surface area contributed by atoms with Gasteiger partial charge in [-0.3, -0.25) is 14.8 Å². The maximum atomic E-state index is 12.5. The Labute approximate surface area is 156 Å². The Morgan fingerprint density at radius 3 is 2.39 bits per heavy atom. The lowest BCUT2D eigenvalue weighted by atomic mass is 10.2. The Kier molecular flexibility index (Phi) is 5.41. The van der Waals surface area contributed by atoms with Crippen molar-refractivity contribution in [2.45, 2.75) is 6.54 Å². The van der Waals surface area contributed by atoms with Crippen LogP contribution in [0.5, 0.6) is 0 Å². The molecule has 1 aliphatic heterocycles. The molecule has 0 spiro atoms. The fourth-order valence-corrected chi connectivity index (χ4v) is 3.31. The predicted octanol–water partition coefficient (Wildman–Crippen LogP) is 3.55. The van der Waals surface area contributed by atoms with Gasteiger partial charge in [0.1, 0.15) is 4.60 Å². The van der Waals surface area contributed by atoms with Crippen LogP contribution in [-0.4, -0.2) is 52.1 Å². The van der Waals surface area contributed by atoms with E-state index in [1.165, 1.54) is 5.56 Å². The van der Waals surface area contributed by atoms with Gasteiger partial charge < -0.3 is 4.90 Å². The second-order valence-electron chi connectivity index (χ2n) is 5.39. The van der Waals surface area contributed by atoms with Gasteiger partial charge in [0.25, 0.3) is 5.91 Å². The van der Waals surface area contributed by atoms with Crippen LogP contribution in [0, 0.1) is 0 Å². The topological polar surface area (TPSA) is 52.2 Å². The lowest BCUT2D eigenvalue weighted by Gasteiger charge is -2.34. The average Bonchev–Trinajstić information content (AvgIpc) is 2.89. The highest BCUT2D eigenvalue weighted by atomic mass is 79.9. The summed E-state index contributed by atoms with van der Waals surface area (Å²) in [7, 11) is 0. The first-order valence-electron chi connectivity index (χ1n) is 7.20. The number of rotatable bonds is 3. The van der Waals surface area contributed by atoms with Crippen molar-refractivity contribution in [3.63, 3.8) is 0 Å². The van der Waals surface area contributed by atoms with Crippen molar-refractivity contribution < 1.29 is 4.79 Å². The molecule has 1 fully saturated rings. The highest BCUT2D eigenvalue weighted by Gasteiger charge is 2.26. The molecule has 0 atom stereocenters. The number of halogens is 3. The fourth-order valence-electron chi connectivity index (χ4n) is 2.56. The smallest absolute Gasteiger partial charge is 0.275 e. The van der Waals surface area contributed by atoms with E-state index in [1.54, 1.807) is 0 Å². The van der Waals surface area contributed by atoms with Crippen molar-refractivity contribution >= 4 is 49.4 Å². The molecule has 0 unspecified atom stereocenters. The van der Waals surface area contributed by atoms with Gasteiger partial charge in [-0.1, -0.05) is 23.7 Å². The summed E-state index contributed by atoms with van der Waals surface area (Å²) in [5.74, 6) is -0.0510. The zero-order valence-corrected chi connectivity index (χ0v) is 16.2. The van der Waals surface area contributed by atoms with Crippen LogP contribution in [0.1, 0.15) is 16.1 Å². The third-order valence-electron chi connectivity index (χ3n) is 3.85. The van der Waals surface area contributed by atoms with Crippen molar-refractivity contribution in [2.24, 2.45) is 0 Å². The SMILES string of the molecule is O=C(c1n[nH]c(Br)c1Br)N1CCN(Cc2ccc(Cl)cc2)CC1. The van der Waals surface area contributed by atoms with Crippen molar-refractivity contribution in [3.8, 4) is 0 Å². The highest BCUT2D eigenvalue weighted by molar-refractivity contribution is 9.13. The number of carbonyl (C=O) groups is 1. The number of piperazine rings is 1. The summed E-state index contributed by atoms with van der Waals surface area (Å²) in [6.45, 7) is 3.96. The average molecular weight is 463 g/mol. The van der Waals surface area contributed by atoms with Crippen molar-refractivity contribution in [3.05, 3.63) is 49.6 Å². The molecule has 1 amide bonds. The van der Waals surface area contributed by atoms with E-state index in [9.17, 15) is 4.79 Å². The normalized spacial score (nSPS) is 15.9. The maximum Gasteiger partial charge on any atom is 0.275 e. The van der Waals surface area contributed by atoms with Crippen LogP contribution in [0.15, 0.2) is 33.3 Å². The van der Waals surface area contributed by atoms with Gasteiger partial charge in [-0.25, -0.2) is 0 Å². The van der Waals surface area contributed by atoms with Gasteiger partial charge in [0, 0.05) is 37.7 Å². The van der Waals surface area contributed by atoms with Crippen LogP contribution in [-0.2, 0) is 6.54 Å². The maximum absolute atomic E-state index is 12.5. The second kappa shape index (κ2) is 7.34. The largest absolute Gasteiger partial charge is 0.335 e. The van der Waals surface area contributed by atoms with Gasteiger partial charge in [-0.2, -0.15) is 5.10 Å². The molecular weight excluding hydrogens is 447 g/mol. The molecule has 2 heterocycles. The van der Waals surface area contributed by atoms with Gasteiger partial charge in [-0.15, -0.1) is 0 Å². The number of nitrogens with one attached hydrogen (secondary N) is 1. The summed E-state index contributed by atoms with van der Waals surface area (Å²) in [4.78, 5) is 16.7. The van der Waals surface area contributed by atoms with Crippen LogP contribution < -0.4 is 0 Å². The molecule has 1 aliphatic rings. The Morgan fingerprint density at radius 2 is 1.83 bits per heavy atom. The first kappa shape index (κ1) is 17.0.